The molecule has 0 bridgehead atoms. The average Bonchev–Trinajstić information content (AvgIpc) is 2.14. The Kier molecular flexibility index (Phi) is 6.06. The lowest BCUT2D eigenvalue weighted by Crippen LogP contribution is -2.44. The topological polar surface area (TPSA) is 113 Å². The van der Waals surface area contributed by atoms with Crippen LogP contribution in [-0.2, 0) is 19.7 Å². The van der Waals surface area contributed by atoms with Crippen LogP contribution in [0, 0.1) is 5.92 Å². The number of carbonyl (C=O) groups excluding carboxylic acids is 1. The smallest absolute Gasteiger partial charge is 0.422 e. The summed E-state index contributed by atoms with van der Waals surface area (Å²) in [4.78, 5) is 21.7. The minimum Gasteiger partial charge on any atom is -0.481 e. The molecule has 0 aromatic carbocycles. The van der Waals surface area contributed by atoms with E-state index in [1.807, 2.05) is 0 Å². The summed E-state index contributed by atoms with van der Waals surface area (Å²) in [6, 6.07) is 0. The SMILES string of the molecule is CC(C)OC(=O)NS(=O)(=O)N(C)CC(C)C(=O)O. The molecule has 0 saturated heterocycles. The highest BCUT2D eigenvalue weighted by Crippen LogP contribution is 2.03. The summed E-state index contributed by atoms with van der Waals surface area (Å²) in [5.74, 6) is -2.01. The molecule has 9 heteroatoms. The van der Waals surface area contributed by atoms with Gasteiger partial charge in [0, 0.05) is 13.6 Å². The lowest BCUT2D eigenvalue weighted by atomic mass is 10.2. The average molecular weight is 282 g/mol. The molecule has 1 atom stereocenters. The van der Waals surface area contributed by atoms with E-state index in [2.05, 4.69) is 4.74 Å². The van der Waals surface area contributed by atoms with Crippen molar-refractivity contribution in [1.29, 1.82) is 0 Å². The first-order valence-electron chi connectivity index (χ1n) is 5.23. The number of nitrogens with zero attached hydrogens (tertiary/aromatic N) is 1. The summed E-state index contributed by atoms with van der Waals surface area (Å²) >= 11 is 0. The predicted molar refractivity (Wildman–Crippen MR) is 63.1 cm³/mol. The van der Waals surface area contributed by atoms with Crippen molar-refractivity contribution in [1.82, 2.24) is 9.03 Å². The molecule has 106 valence electrons. The summed E-state index contributed by atoms with van der Waals surface area (Å²) in [7, 11) is -2.92. The van der Waals surface area contributed by atoms with Crippen LogP contribution in [0.5, 0.6) is 0 Å². The maximum atomic E-state index is 11.6. The first-order valence-corrected chi connectivity index (χ1v) is 6.67. The van der Waals surface area contributed by atoms with Crippen molar-refractivity contribution in [3.8, 4) is 0 Å². The summed E-state index contributed by atoms with van der Waals surface area (Å²) in [5, 5.41) is 8.66. The molecule has 18 heavy (non-hydrogen) atoms. The highest BCUT2D eigenvalue weighted by molar-refractivity contribution is 7.87. The van der Waals surface area contributed by atoms with Gasteiger partial charge in [-0.05, 0) is 13.8 Å². The third kappa shape index (κ3) is 5.82. The fraction of sp³-hybridized carbons (Fsp3) is 0.778. The van der Waals surface area contributed by atoms with Gasteiger partial charge in [0.15, 0.2) is 0 Å². The molecule has 0 aromatic heterocycles. The zero-order valence-corrected chi connectivity index (χ0v) is 11.5. The second-order valence-corrected chi connectivity index (χ2v) is 5.86. The van der Waals surface area contributed by atoms with E-state index in [1.54, 1.807) is 18.6 Å². The lowest BCUT2D eigenvalue weighted by Gasteiger charge is -2.19. The Morgan fingerprint density at radius 1 is 1.33 bits per heavy atom. The van der Waals surface area contributed by atoms with Gasteiger partial charge >= 0.3 is 22.3 Å². The highest BCUT2D eigenvalue weighted by atomic mass is 32.2. The maximum Gasteiger partial charge on any atom is 0.422 e. The first-order chi connectivity index (χ1) is 8.06. The monoisotopic (exact) mass is 282 g/mol. The van der Waals surface area contributed by atoms with Gasteiger partial charge in [-0.2, -0.15) is 12.7 Å². The summed E-state index contributed by atoms with van der Waals surface area (Å²) in [6.07, 6.45) is -1.55. The van der Waals surface area contributed by atoms with Gasteiger partial charge in [-0.3, -0.25) is 4.79 Å². The van der Waals surface area contributed by atoms with Crippen molar-refractivity contribution in [3.05, 3.63) is 0 Å². The molecular weight excluding hydrogens is 264 g/mol. The molecule has 0 aliphatic heterocycles. The Hall–Kier alpha value is -1.35. The lowest BCUT2D eigenvalue weighted by molar-refractivity contribution is -0.141. The maximum absolute atomic E-state index is 11.6. The number of carboxylic acid groups (broad SMARTS) is 1. The normalized spacial score (nSPS) is 13.4. The molecule has 8 nitrogen and oxygen atoms in total. The summed E-state index contributed by atoms with van der Waals surface area (Å²) in [6.45, 7) is 4.26. The molecule has 0 radical (unpaired) electrons. The molecular formula is C9H18N2O6S. The zero-order chi connectivity index (χ0) is 14.5. The van der Waals surface area contributed by atoms with E-state index in [-0.39, 0.29) is 6.54 Å². The second-order valence-electron chi connectivity index (χ2n) is 4.08. The van der Waals surface area contributed by atoms with E-state index in [0.717, 1.165) is 4.31 Å². The zero-order valence-electron chi connectivity index (χ0n) is 10.7. The van der Waals surface area contributed by atoms with Gasteiger partial charge in [-0.15, -0.1) is 0 Å². The highest BCUT2D eigenvalue weighted by Gasteiger charge is 2.25. The van der Waals surface area contributed by atoms with Crippen molar-refractivity contribution in [2.75, 3.05) is 13.6 Å². The standard InChI is InChI=1S/C9H18N2O6S/c1-6(2)17-9(14)10-18(15,16)11(4)5-7(3)8(12)13/h6-7H,5H2,1-4H3,(H,10,14)(H,12,13). The number of rotatable bonds is 6. The largest absolute Gasteiger partial charge is 0.481 e. The molecule has 0 heterocycles. The fourth-order valence-corrected chi connectivity index (χ4v) is 1.82. The third-order valence-electron chi connectivity index (χ3n) is 1.92. The molecule has 0 aromatic rings. The van der Waals surface area contributed by atoms with Crippen LogP contribution in [0.3, 0.4) is 0 Å². The van der Waals surface area contributed by atoms with Crippen LogP contribution in [0.4, 0.5) is 4.79 Å². The van der Waals surface area contributed by atoms with E-state index in [1.165, 1.54) is 14.0 Å². The van der Waals surface area contributed by atoms with Crippen LogP contribution in [-0.4, -0.2) is 49.6 Å². The van der Waals surface area contributed by atoms with Crippen LogP contribution < -0.4 is 4.72 Å². The molecule has 1 amide bonds. The van der Waals surface area contributed by atoms with Crippen molar-refractivity contribution >= 4 is 22.3 Å². The quantitative estimate of drug-likeness (QED) is 0.710. The van der Waals surface area contributed by atoms with Gasteiger partial charge < -0.3 is 9.84 Å². The van der Waals surface area contributed by atoms with Crippen LogP contribution in [0.25, 0.3) is 0 Å². The van der Waals surface area contributed by atoms with E-state index in [4.69, 9.17) is 5.11 Å². The fourth-order valence-electron chi connectivity index (χ4n) is 0.983. The Labute approximate surface area is 106 Å². The Bertz CT molecular complexity index is 405. The minimum atomic E-state index is -4.09. The molecule has 1 unspecified atom stereocenters. The van der Waals surface area contributed by atoms with E-state index in [9.17, 15) is 18.0 Å². The predicted octanol–water partition coefficient (Wildman–Crippen LogP) is 0.0183. The van der Waals surface area contributed by atoms with Gasteiger partial charge in [0.1, 0.15) is 0 Å². The van der Waals surface area contributed by atoms with Crippen molar-refractivity contribution in [2.24, 2.45) is 5.92 Å². The Morgan fingerprint density at radius 2 is 1.83 bits per heavy atom. The number of amides is 1. The summed E-state index contributed by atoms with van der Waals surface area (Å²) in [5.41, 5.74) is 0. The molecule has 2 N–H and O–H groups in total. The Morgan fingerprint density at radius 3 is 2.22 bits per heavy atom. The van der Waals surface area contributed by atoms with Crippen molar-refractivity contribution in [2.45, 2.75) is 26.9 Å². The van der Waals surface area contributed by atoms with Crippen LogP contribution >= 0.6 is 0 Å². The number of nitrogens with one attached hydrogen (secondary N) is 1. The molecule has 0 spiro atoms. The number of aliphatic carboxylic acids is 1. The Balaban J connectivity index is 4.54. The number of hydrogen-bond acceptors (Lipinski definition) is 5. The van der Waals surface area contributed by atoms with Gasteiger partial charge in [0.05, 0.1) is 12.0 Å². The van der Waals surface area contributed by atoms with Gasteiger partial charge in [-0.1, -0.05) is 6.92 Å². The molecule has 0 aliphatic carbocycles. The van der Waals surface area contributed by atoms with E-state index in [0.29, 0.717) is 0 Å². The summed E-state index contributed by atoms with van der Waals surface area (Å²) < 4.78 is 30.2. The third-order valence-corrected chi connectivity index (χ3v) is 3.31. The van der Waals surface area contributed by atoms with Gasteiger partial charge in [-0.25, -0.2) is 9.52 Å². The van der Waals surface area contributed by atoms with Crippen LogP contribution in [0.2, 0.25) is 0 Å². The van der Waals surface area contributed by atoms with Crippen LogP contribution in [0.15, 0.2) is 0 Å². The molecule has 0 aliphatic rings. The second kappa shape index (κ2) is 6.55. The van der Waals surface area contributed by atoms with Gasteiger partial charge in [0.2, 0.25) is 0 Å². The van der Waals surface area contributed by atoms with E-state index >= 15 is 0 Å². The van der Waals surface area contributed by atoms with Crippen molar-refractivity contribution < 1.29 is 27.9 Å². The van der Waals surface area contributed by atoms with Crippen LogP contribution in [0.1, 0.15) is 20.8 Å². The number of hydrogen-bond donors (Lipinski definition) is 2. The number of carbonyl (C=O) groups is 2. The first kappa shape index (κ1) is 16.6. The number of carboxylic acids is 1. The molecule has 0 rings (SSSR count). The molecule has 0 fully saturated rings. The van der Waals surface area contributed by atoms with Crippen molar-refractivity contribution in [3.63, 3.8) is 0 Å². The molecule has 0 saturated carbocycles. The minimum absolute atomic E-state index is 0.250. The van der Waals surface area contributed by atoms with E-state index < -0.39 is 34.3 Å². The number of ether oxygens (including phenoxy) is 1. The van der Waals surface area contributed by atoms with Gasteiger partial charge in [0.25, 0.3) is 0 Å².